The van der Waals surface area contributed by atoms with E-state index in [2.05, 4.69) is 24.3 Å². The standard InChI is InChI=1S/C22H32FN3O.2ClH/c1-25(2)18-8-16-10-19(11-17(16)9-18)26(3)21(27)22(13-24-14-22)12-15-6-4-5-7-20(15)23;;/h4-7,16-19,24H,8-14H2,1-3H3;2*1H/t16-,17+,18?,19?;;. The summed E-state index contributed by atoms with van der Waals surface area (Å²) < 4.78 is 14.2. The summed E-state index contributed by atoms with van der Waals surface area (Å²) in [6.45, 7) is 1.29. The quantitative estimate of drug-likeness (QED) is 0.754. The highest BCUT2D eigenvalue weighted by Crippen LogP contribution is 2.47. The Labute approximate surface area is 186 Å². The molecule has 4 atom stereocenters. The van der Waals surface area contributed by atoms with Gasteiger partial charge in [0.05, 0.1) is 5.41 Å². The van der Waals surface area contributed by atoms with Gasteiger partial charge in [-0.2, -0.15) is 0 Å². The number of nitrogens with zero attached hydrogens (tertiary/aromatic N) is 2. The van der Waals surface area contributed by atoms with E-state index in [0.29, 0.717) is 37.2 Å². The molecule has 2 aliphatic carbocycles. The number of carbonyl (C=O) groups excluding carboxylic acids is 1. The molecule has 1 aromatic carbocycles. The van der Waals surface area contributed by atoms with Crippen LogP contribution in [0.3, 0.4) is 0 Å². The van der Waals surface area contributed by atoms with Crippen molar-refractivity contribution in [3.05, 3.63) is 35.6 Å². The van der Waals surface area contributed by atoms with Crippen LogP contribution in [-0.2, 0) is 11.2 Å². The summed E-state index contributed by atoms with van der Waals surface area (Å²) in [5.74, 6) is 1.49. The van der Waals surface area contributed by atoms with E-state index in [1.807, 2.05) is 24.1 Å². The van der Waals surface area contributed by atoms with E-state index in [9.17, 15) is 9.18 Å². The number of halogens is 3. The molecule has 2 saturated carbocycles. The van der Waals surface area contributed by atoms with E-state index in [0.717, 1.165) is 24.7 Å². The van der Waals surface area contributed by atoms with Crippen molar-refractivity contribution in [3.63, 3.8) is 0 Å². The maximum Gasteiger partial charge on any atom is 0.231 e. The Morgan fingerprint density at radius 2 is 1.59 bits per heavy atom. The lowest BCUT2D eigenvalue weighted by atomic mass is 9.74. The number of carbonyl (C=O) groups is 1. The molecular formula is C22H34Cl2FN3O. The first-order valence-electron chi connectivity index (χ1n) is 10.3. The Morgan fingerprint density at radius 1 is 1.03 bits per heavy atom. The minimum Gasteiger partial charge on any atom is -0.342 e. The molecule has 3 fully saturated rings. The number of hydrogen-bond acceptors (Lipinski definition) is 3. The summed E-state index contributed by atoms with van der Waals surface area (Å²) in [5.41, 5.74) is 0.165. The van der Waals surface area contributed by atoms with Gasteiger partial charge in [0.25, 0.3) is 0 Å². The zero-order chi connectivity index (χ0) is 19.2. The fraction of sp³-hybridized carbons (Fsp3) is 0.682. The number of nitrogens with one attached hydrogen (secondary N) is 1. The maximum atomic E-state index is 14.2. The summed E-state index contributed by atoms with van der Waals surface area (Å²) in [7, 11) is 6.32. The first-order valence-corrected chi connectivity index (χ1v) is 10.3. The fourth-order valence-electron chi connectivity index (χ4n) is 5.62. The smallest absolute Gasteiger partial charge is 0.231 e. The van der Waals surface area contributed by atoms with Crippen molar-refractivity contribution in [3.8, 4) is 0 Å². The zero-order valence-electron chi connectivity index (χ0n) is 17.6. The molecule has 1 aliphatic heterocycles. The van der Waals surface area contributed by atoms with Gasteiger partial charge in [-0.25, -0.2) is 4.39 Å². The molecule has 1 heterocycles. The Bertz CT molecular complexity index is 699. The molecule has 1 aromatic rings. The van der Waals surface area contributed by atoms with Gasteiger partial charge in [0.2, 0.25) is 5.91 Å². The second kappa shape index (κ2) is 9.51. The van der Waals surface area contributed by atoms with Crippen LogP contribution in [0.1, 0.15) is 31.2 Å². The summed E-state index contributed by atoms with van der Waals surface area (Å²) >= 11 is 0. The van der Waals surface area contributed by atoms with Crippen LogP contribution in [0.4, 0.5) is 4.39 Å². The summed E-state index contributed by atoms with van der Waals surface area (Å²) in [6.07, 6.45) is 5.26. The number of amides is 1. The molecule has 4 rings (SSSR count). The van der Waals surface area contributed by atoms with E-state index < -0.39 is 5.41 Å². The van der Waals surface area contributed by atoms with E-state index in [1.165, 1.54) is 18.9 Å². The number of benzene rings is 1. The van der Waals surface area contributed by atoms with Gasteiger partial charge < -0.3 is 15.1 Å². The van der Waals surface area contributed by atoms with Crippen LogP contribution in [0, 0.1) is 23.1 Å². The SMILES string of the molecule is CN(C)C1C[C@@H]2CC(N(C)C(=O)C3(Cc4ccccc4F)CNC3)C[C@@H]2C1.Cl.Cl. The van der Waals surface area contributed by atoms with Crippen LogP contribution in [0.5, 0.6) is 0 Å². The van der Waals surface area contributed by atoms with Crippen LogP contribution in [0.25, 0.3) is 0 Å². The molecule has 2 unspecified atom stereocenters. The topological polar surface area (TPSA) is 35.6 Å². The van der Waals surface area contributed by atoms with Gasteiger partial charge >= 0.3 is 0 Å². The largest absolute Gasteiger partial charge is 0.342 e. The molecule has 7 heteroatoms. The zero-order valence-corrected chi connectivity index (χ0v) is 19.2. The number of rotatable bonds is 5. The molecule has 0 spiro atoms. The minimum absolute atomic E-state index is 0. The number of hydrogen-bond donors (Lipinski definition) is 1. The third-order valence-electron chi connectivity index (χ3n) is 7.43. The molecule has 29 heavy (non-hydrogen) atoms. The van der Waals surface area contributed by atoms with E-state index in [4.69, 9.17) is 0 Å². The molecule has 1 saturated heterocycles. The Morgan fingerprint density at radius 3 is 2.07 bits per heavy atom. The molecule has 0 bridgehead atoms. The van der Waals surface area contributed by atoms with Gasteiger partial charge in [0, 0.05) is 32.2 Å². The molecule has 1 amide bonds. The highest BCUT2D eigenvalue weighted by molar-refractivity contribution is 5.86. The summed E-state index contributed by atoms with van der Waals surface area (Å²) in [4.78, 5) is 17.8. The van der Waals surface area contributed by atoms with Crippen LogP contribution in [0.15, 0.2) is 24.3 Å². The second-order valence-corrected chi connectivity index (χ2v) is 9.30. The molecule has 164 valence electrons. The van der Waals surface area contributed by atoms with Crippen LogP contribution >= 0.6 is 24.8 Å². The van der Waals surface area contributed by atoms with Gasteiger partial charge in [-0.1, -0.05) is 18.2 Å². The van der Waals surface area contributed by atoms with Gasteiger partial charge in [-0.05, 0) is 69.7 Å². The molecular weight excluding hydrogens is 412 g/mol. The highest BCUT2D eigenvalue weighted by atomic mass is 35.5. The average molecular weight is 446 g/mol. The molecule has 3 aliphatic rings. The van der Waals surface area contributed by atoms with Gasteiger partial charge in [0.1, 0.15) is 5.82 Å². The molecule has 1 N–H and O–H groups in total. The minimum atomic E-state index is -0.485. The highest BCUT2D eigenvalue weighted by Gasteiger charge is 2.50. The third-order valence-corrected chi connectivity index (χ3v) is 7.43. The van der Waals surface area contributed by atoms with Crippen molar-refractivity contribution in [2.24, 2.45) is 17.3 Å². The monoisotopic (exact) mass is 445 g/mol. The van der Waals surface area contributed by atoms with E-state index in [1.54, 1.807) is 6.07 Å². The average Bonchev–Trinajstić information content (AvgIpc) is 3.17. The Hall–Kier alpha value is -0.880. The molecule has 0 aromatic heterocycles. The normalized spacial score (nSPS) is 29.4. The van der Waals surface area contributed by atoms with Crippen molar-refractivity contribution in [2.75, 3.05) is 34.2 Å². The lowest BCUT2D eigenvalue weighted by Crippen LogP contribution is -2.63. The van der Waals surface area contributed by atoms with Gasteiger partial charge in [-0.15, -0.1) is 24.8 Å². The maximum absolute atomic E-state index is 14.2. The van der Waals surface area contributed by atoms with E-state index >= 15 is 0 Å². The van der Waals surface area contributed by atoms with Crippen molar-refractivity contribution in [1.82, 2.24) is 15.1 Å². The Balaban J connectivity index is 0.00000150. The van der Waals surface area contributed by atoms with Crippen molar-refractivity contribution >= 4 is 30.7 Å². The number of fused-ring (bicyclic) bond motifs is 1. The predicted molar refractivity (Wildman–Crippen MR) is 119 cm³/mol. The van der Waals surface area contributed by atoms with Crippen molar-refractivity contribution in [1.29, 1.82) is 0 Å². The van der Waals surface area contributed by atoms with Crippen LogP contribution in [0.2, 0.25) is 0 Å². The predicted octanol–water partition coefficient (Wildman–Crippen LogP) is 3.38. The van der Waals surface area contributed by atoms with Crippen molar-refractivity contribution < 1.29 is 9.18 Å². The van der Waals surface area contributed by atoms with Crippen LogP contribution in [-0.4, -0.2) is 62.0 Å². The van der Waals surface area contributed by atoms with Crippen LogP contribution < -0.4 is 5.32 Å². The summed E-state index contributed by atoms with van der Waals surface area (Å²) in [5, 5.41) is 3.25. The first kappa shape index (κ1) is 24.4. The summed E-state index contributed by atoms with van der Waals surface area (Å²) in [6, 6.07) is 7.90. The third kappa shape index (κ3) is 4.58. The molecule has 4 nitrogen and oxygen atoms in total. The Kier molecular flexibility index (Phi) is 7.99. The van der Waals surface area contributed by atoms with E-state index in [-0.39, 0.29) is 36.5 Å². The first-order chi connectivity index (χ1) is 12.9. The molecule has 0 radical (unpaired) electrons. The lowest BCUT2D eigenvalue weighted by molar-refractivity contribution is -0.146. The van der Waals surface area contributed by atoms with Gasteiger partial charge in [-0.3, -0.25) is 4.79 Å². The second-order valence-electron chi connectivity index (χ2n) is 9.30. The lowest BCUT2D eigenvalue weighted by Gasteiger charge is -2.45. The fourth-order valence-corrected chi connectivity index (χ4v) is 5.62. The van der Waals surface area contributed by atoms with Gasteiger partial charge in [0.15, 0.2) is 0 Å². The van der Waals surface area contributed by atoms with Crippen molar-refractivity contribution in [2.45, 2.75) is 44.2 Å².